The molecule has 1 aromatic rings. The molecule has 0 saturated carbocycles. The fraction of sp³-hybridized carbons (Fsp3) is 0.625. The second-order valence-corrected chi connectivity index (χ2v) is 5.25. The highest BCUT2D eigenvalue weighted by Crippen LogP contribution is 2.21. The van der Waals surface area contributed by atoms with E-state index in [-0.39, 0.29) is 6.10 Å². The molecule has 0 heterocycles. The van der Waals surface area contributed by atoms with Gasteiger partial charge in [-0.1, -0.05) is 19.1 Å². The van der Waals surface area contributed by atoms with E-state index in [1.807, 2.05) is 19.1 Å². The Kier molecular flexibility index (Phi) is 6.89. The fourth-order valence-electron chi connectivity index (χ4n) is 2.19. The van der Waals surface area contributed by atoms with Crippen LogP contribution in [0.5, 0.6) is 0 Å². The van der Waals surface area contributed by atoms with E-state index in [1.54, 1.807) is 0 Å². The minimum Gasteiger partial charge on any atom is -0.388 e. The summed E-state index contributed by atoms with van der Waals surface area (Å²) in [6.45, 7) is 7.39. The van der Waals surface area contributed by atoms with Crippen molar-refractivity contribution >= 4 is 5.69 Å². The van der Waals surface area contributed by atoms with Crippen molar-refractivity contribution in [2.24, 2.45) is 0 Å². The van der Waals surface area contributed by atoms with Crippen LogP contribution < -0.4 is 4.90 Å². The molecule has 0 aromatic heterocycles. The van der Waals surface area contributed by atoms with Crippen molar-refractivity contribution in [2.75, 3.05) is 38.6 Å². The van der Waals surface area contributed by atoms with E-state index in [4.69, 9.17) is 0 Å². The topological polar surface area (TPSA) is 26.7 Å². The quantitative estimate of drug-likeness (QED) is 0.782. The van der Waals surface area contributed by atoms with Gasteiger partial charge >= 0.3 is 0 Å². The number of anilines is 1. The summed E-state index contributed by atoms with van der Waals surface area (Å²) in [4.78, 5) is 4.60. The van der Waals surface area contributed by atoms with Crippen molar-refractivity contribution in [3.63, 3.8) is 0 Å². The first kappa shape index (κ1) is 16.0. The molecule has 1 aromatic carbocycles. The highest BCUT2D eigenvalue weighted by atomic mass is 16.3. The van der Waals surface area contributed by atoms with Crippen LogP contribution in [0.3, 0.4) is 0 Å². The molecule has 3 heteroatoms. The number of hydrogen-bond acceptors (Lipinski definition) is 3. The Morgan fingerprint density at radius 1 is 1.05 bits per heavy atom. The van der Waals surface area contributed by atoms with Gasteiger partial charge in [-0.3, -0.25) is 0 Å². The standard InChI is InChI=1S/C16H28N2O/c1-5-16(19)14-8-10-15(11-9-14)18(6-2)13-7-12-17(3)4/h8-11,16,19H,5-7,12-13H2,1-4H3/t16-/m0/s1. The molecule has 0 amide bonds. The number of benzene rings is 1. The molecule has 0 aliphatic rings. The number of hydrogen-bond donors (Lipinski definition) is 1. The summed E-state index contributed by atoms with van der Waals surface area (Å²) in [6, 6.07) is 8.32. The third-order valence-corrected chi connectivity index (χ3v) is 3.44. The Morgan fingerprint density at radius 2 is 1.68 bits per heavy atom. The minimum absolute atomic E-state index is 0.335. The summed E-state index contributed by atoms with van der Waals surface area (Å²) in [6.07, 6.45) is 1.60. The van der Waals surface area contributed by atoms with Gasteiger partial charge in [0, 0.05) is 18.8 Å². The second-order valence-electron chi connectivity index (χ2n) is 5.25. The molecular formula is C16H28N2O. The SMILES string of the molecule is CC[C@H](O)c1ccc(N(CC)CCCN(C)C)cc1. The van der Waals surface area contributed by atoms with Gasteiger partial charge in [0.2, 0.25) is 0 Å². The Morgan fingerprint density at radius 3 is 2.16 bits per heavy atom. The highest BCUT2D eigenvalue weighted by molar-refractivity contribution is 5.47. The summed E-state index contributed by atoms with van der Waals surface area (Å²) in [7, 11) is 4.22. The molecule has 0 radical (unpaired) electrons. The van der Waals surface area contributed by atoms with Crippen LogP contribution >= 0.6 is 0 Å². The lowest BCUT2D eigenvalue weighted by molar-refractivity contribution is 0.173. The zero-order valence-electron chi connectivity index (χ0n) is 12.8. The van der Waals surface area contributed by atoms with Crippen molar-refractivity contribution in [1.29, 1.82) is 0 Å². The average molecular weight is 264 g/mol. The first-order valence-electron chi connectivity index (χ1n) is 7.26. The van der Waals surface area contributed by atoms with Gasteiger partial charge in [0.15, 0.2) is 0 Å². The Bertz CT molecular complexity index is 348. The Hall–Kier alpha value is -1.06. The van der Waals surface area contributed by atoms with Crippen LogP contribution in [0.4, 0.5) is 5.69 Å². The van der Waals surface area contributed by atoms with E-state index in [1.165, 1.54) is 12.1 Å². The van der Waals surface area contributed by atoms with Crippen LogP contribution in [0.25, 0.3) is 0 Å². The van der Waals surface area contributed by atoms with Crippen molar-refractivity contribution in [3.8, 4) is 0 Å². The van der Waals surface area contributed by atoms with Crippen molar-refractivity contribution < 1.29 is 5.11 Å². The van der Waals surface area contributed by atoms with E-state index in [2.05, 4.69) is 43.0 Å². The van der Waals surface area contributed by atoms with Gasteiger partial charge in [0.05, 0.1) is 6.10 Å². The summed E-state index contributed by atoms with van der Waals surface area (Å²) >= 11 is 0. The van der Waals surface area contributed by atoms with E-state index in [0.29, 0.717) is 0 Å². The molecule has 0 fully saturated rings. The molecule has 3 nitrogen and oxygen atoms in total. The summed E-state index contributed by atoms with van der Waals surface area (Å²) < 4.78 is 0. The zero-order chi connectivity index (χ0) is 14.3. The monoisotopic (exact) mass is 264 g/mol. The molecule has 0 spiro atoms. The van der Waals surface area contributed by atoms with Crippen molar-refractivity contribution in [2.45, 2.75) is 32.8 Å². The van der Waals surface area contributed by atoms with Gasteiger partial charge in [0.1, 0.15) is 0 Å². The van der Waals surface area contributed by atoms with Crippen LogP contribution in [-0.4, -0.2) is 43.7 Å². The summed E-state index contributed by atoms with van der Waals surface area (Å²) in [5.74, 6) is 0. The van der Waals surface area contributed by atoms with Crippen LogP contribution in [0.15, 0.2) is 24.3 Å². The predicted octanol–water partition coefficient (Wildman–Crippen LogP) is 2.91. The predicted molar refractivity (Wildman–Crippen MR) is 82.8 cm³/mol. The molecular weight excluding hydrogens is 236 g/mol. The van der Waals surface area contributed by atoms with Crippen LogP contribution in [0, 0.1) is 0 Å². The third kappa shape index (κ3) is 5.21. The lowest BCUT2D eigenvalue weighted by atomic mass is 10.1. The van der Waals surface area contributed by atoms with Gasteiger partial charge in [-0.05, 0) is 58.1 Å². The lowest BCUT2D eigenvalue weighted by Gasteiger charge is -2.24. The number of nitrogens with zero attached hydrogens (tertiary/aromatic N) is 2. The fourth-order valence-corrected chi connectivity index (χ4v) is 2.19. The van der Waals surface area contributed by atoms with Gasteiger partial charge in [-0.25, -0.2) is 0 Å². The number of aliphatic hydroxyl groups excluding tert-OH is 1. The van der Waals surface area contributed by atoms with Crippen LogP contribution in [0.1, 0.15) is 38.4 Å². The smallest absolute Gasteiger partial charge is 0.0787 e. The summed E-state index contributed by atoms with van der Waals surface area (Å²) in [5, 5.41) is 9.80. The molecule has 1 rings (SSSR count). The molecule has 0 bridgehead atoms. The van der Waals surface area contributed by atoms with Crippen LogP contribution in [-0.2, 0) is 0 Å². The van der Waals surface area contributed by atoms with Crippen LogP contribution in [0.2, 0.25) is 0 Å². The molecule has 0 aliphatic heterocycles. The Balaban J connectivity index is 2.60. The van der Waals surface area contributed by atoms with Crippen molar-refractivity contribution in [3.05, 3.63) is 29.8 Å². The lowest BCUT2D eigenvalue weighted by Crippen LogP contribution is -2.26. The van der Waals surface area contributed by atoms with E-state index in [9.17, 15) is 5.11 Å². The van der Waals surface area contributed by atoms with Crippen molar-refractivity contribution in [1.82, 2.24) is 4.90 Å². The average Bonchev–Trinajstić information content (AvgIpc) is 2.43. The Labute approximate surface area is 117 Å². The number of rotatable bonds is 8. The largest absolute Gasteiger partial charge is 0.388 e. The van der Waals surface area contributed by atoms with E-state index < -0.39 is 0 Å². The van der Waals surface area contributed by atoms with Gasteiger partial charge in [-0.15, -0.1) is 0 Å². The van der Waals surface area contributed by atoms with E-state index >= 15 is 0 Å². The molecule has 108 valence electrons. The van der Waals surface area contributed by atoms with Gasteiger partial charge < -0.3 is 14.9 Å². The molecule has 0 aliphatic carbocycles. The molecule has 19 heavy (non-hydrogen) atoms. The molecule has 1 N–H and O–H groups in total. The normalized spacial score (nSPS) is 12.7. The molecule has 0 unspecified atom stereocenters. The van der Waals surface area contributed by atoms with Gasteiger partial charge in [-0.2, -0.15) is 0 Å². The first-order chi connectivity index (χ1) is 9.08. The highest BCUT2D eigenvalue weighted by Gasteiger charge is 2.07. The maximum atomic E-state index is 9.80. The second kappa shape index (κ2) is 8.18. The van der Waals surface area contributed by atoms with Gasteiger partial charge in [0.25, 0.3) is 0 Å². The zero-order valence-corrected chi connectivity index (χ0v) is 12.8. The molecule has 1 atom stereocenters. The third-order valence-electron chi connectivity index (χ3n) is 3.44. The maximum Gasteiger partial charge on any atom is 0.0787 e. The maximum absolute atomic E-state index is 9.80. The minimum atomic E-state index is -0.335. The van der Waals surface area contributed by atoms with E-state index in [0.717, 1.165) is 31.6 Å². The summed E-state index contributed by atoms with van der Waals surface area (Å²) in [5.41, 5.74) is 2.25. The molecule has 0 saturated heterocycles. The first-order valence-corrected chi connectivity index (χ1v) is 7.26. The number of aliphatic hydroxyl groups is 1.